The fraction of sp³-hybridized carbons (Fsp3) is 0.500. The second kappa shape index (κ2) is 8.53. The zero-order chi connectivity index (χ0) is 23.2. The summed E-state index contributed by atoms with van der Waals surface area (Å²) in [4.78, 5) is 56.5. The summed E-state index contributed by atoms with van der Waals surface area (Å²) >= 11 is 0. The topological polar surface area (TPSA) is 279 Å². The number of aliphatic hydroxyl groups is 1. The predicted octanol–water partition coefficient (Wildman–Crippen LogP) is -1.63. The van der Waals surface area contributed by atoms with E-state index in [1.54, 1.807) is 0 Å². The number of hydrogen-bond donors (Lipinski definition) is 7. The van der Waals surface area contributed by atoms with E-state index in [0.717, 1.165) is 17.2 Å². The van der Waals surface area contributed by atoms with E-state index in [0.29, 0.717) is 0 Å². The number of anilines is 1. The Bertz CT molecular complexity index is 1100. The van der Waals surface area contributed by atoms with Crippen LogP contribution in [0.2, 0.25) is 0 Å². The van der Waals surface area contributed by atoms with E-state index in [1.165, 1.54) is 0 Å². The van der Waals surface area contributed by atoms with Crippen molar-refractivity contribution in [3.63, 3.8) is 0 Å². The molecule has 0 saturated carbocycles. The maximum Gasteiger partial charge on any atom is 0.481 e. The summed E-state index contributed by atoms with van der Waals surface area (Å²) in [5, 5.41) is 10.4. The maximum atomic E-state index is 11.6. The SMILES string of the molecule is Nc1ncnc2c1ncn2C1OC(COP(=O)(O)OP(=O)(O)O)C(O)C1OP(=O)(O)O. The van der Waals surface area contributed by atoms with Gasteiger partial charge in [-0.1, -0.05) is 0 Å². The van der Waals surface area contributed by atoms with Gasteiger partial charge in [0.05, 0.1) is 12.9 Å². The van der Waals surface area contributed by atoms with Crippen LogP contribution in [-0.4, -0.2) is 74.0 Å². The molecule has 3 heterocycles. The quantitative estimate of drug-likeness (QED) is 0.197. The number of nitrogen functional groups attached to an aromatic ring is 1. The summed E-state index contributed by atoms with van der Waals surface area (Å²) in [5.74, 6) is -0.0227. The highest BCUT2D eigenvalue weighted by Crippen LogP contribution is 2.58. The summed E-state index contributed by atoms with van der Waals surface area (Å²) in [5.41, 5.74) is 5.82. The van der Waals surface area contributed by atoms with Crippen molar-refractivity contribution in [3.8, 4) is 0 Å². The van der Waals surface area contributed by atoms with Crippen LogP contribution in [0, 0.1) is 0 Å². The van der Waals surface area contributed by atoms with Gasteiger partial charge in [0.2, 0.25) is 0 Å². The third-order valence-corrected chi connectivity index (χ3v) is 6.51. The molecule has 1 aliphatic rings. The average molecular weight is 507 g/mol. The smallest absolute Gasteiger partial charge is 0.387 e. The van der Waals surface area contributed by atoms with Crippen LogP contribution in [0.4, 0.5) is 5.82 Å². The zero-order valence-corrected chi connectivity index (χ0v) is 17.6. The highest BCUT2D eigenvalue weighted by Gasteiger charge is 2.50. The Kier molecular flexibility index (Phi) is 6.68. The number of imidazole rings is 1. The van der Waals surface area contributed by atoms with E-state index in [1.807, 2.05) is 0 Å². The summed E-state index contributed by atoms with van der Waals surface area (Å²) in [6, 6.07) is 0. The lowest BCUT2D eigenvalue weighted by atomic mass is 10.1. The van der Waals surface area contributed by atoms with Crippen LogP contribution in [-0.2, 0) is 31.8 Å². The molecule has 0 bridgehead atoms. The molecule has 0 radical (unpaired) electrons. The van der Waals surface area contributed by atoms with Gasteiger partial charge in [-0.2, -0.15) is 4.31 Å². The van der Waals surface area contributed by atoms with Gasteiger partial charge in [-0.15, -0.1) is 0 Å². The summed E-state index contributed by atoms with van der Waals surface area (Å²) in [6.07, 6.45) is -4.49. The number of phosphoric ester groups is 2. The summed E-state index contributed by atoms with van der Waals surface area (Å²) in [7, 11) is -15.9. The van der Waals surface area contributed by atoms with E-state index in [9.17, 15) is 33.5 Å². The second-order valence-electron chi connectivity index (χ2n) is 6.04. The van der Waals surface area contributed by atoms with Crippen molar-refractivity contribution in [2.24, 2.45) is 0 Å². The molecule has 1 aliphatic heterocycles. The fourth-order valence-electron chi connectivity index (χ4n) is 2.73. The molecule has 5 unspecified atom stereocenters. The van der Waals surface area contributed by atoms with Crippen LogP contribution in [0.5, 0.6) is 0 Å². The van der Waals surface area contributed by atoms with Crippen LogP contribution in [0.25, 0.3) is 11.2 Å². The van der Waals surface area contributed by atoms with Crippen molar-refractivity contribution in [3.05, 3.63) is 12.7 Å². The Morgan fingerprint density at radius 3 is 2.39 bits per heavy atom. The summed E-state index contributed by atoms with van der Waals surface area (Å²) in [6.45, 7) is -0.990. The number of ether oxygens (including phenoxy) is 1. The van der Waals surface area contributed by atoms with Gasteiger partial charge in [0.1, 0.15) is 30.2 Å². The molecule has 0 amide bonds. The first-order chi connectivity index (χ1) is 14.2. The number of nitrogens with two attached hydrogens (primary N) is 1. The van der Waals surface area contributed by atoms with Crippen molar-refractivity contribution in [2.75, 3.05) is 12.3 Å². The Balaban J connectivity index is 1.88. The Morgan fingerprint density at radius 2 is 1.77 bits per heavy atom. The second-order valence-corrected chi connectivity index (χ2v) is 10.1. The van der Waals surface area contributed by atoms with Crippen LogP contribution in [0.1, 0.15) is 6.23 Å². The first kappa shape index (κ1) is 24.3. The highest BCUT2D eigenvalue weighted by atomic mass is 31.3. The highest BCUT2D eigenvalue weighted by molar-refractivity contribution is 7.60. The van der Waals surface area contributed by atoms with E-state index < -0.39 is 54.6 Å². The molecule has 3 rings (SSSR count). The van der Waals surface area contributed by atoms with E-state index in [-0.39, 0.29) is 17.0 Å². The number of phosphoric acid groups is 3. The lowest BCUT2D eigenvalue weighted by molar-refractivity contribution is -0.0497. The minimum atomic E-state index is -5.40. The Morgan fingerprint density at radius 1 is 1.10 bits per heavy atom. The number of hydrogen-bond acceptors (Lipinski definition) is 12. The lowest BCUT2D eigenvalue weighted by Gasteiger charge is -2.22. The molecular weight excluding hydrogens is 491 g/mol. The van der Waals surface area contributed by atoms with Crippen molar-refractivity contribution in [2.45, 2.75) is 24.5 Å². The van der Waals surface area contributed by atoms with Gasteiger partial charge in [-0.3, -0.25) is 13.6 Å². The van der Waals surface area contributed by atoms with Crippen LogP contribution < -0.4 is 5.73 Å². The van der Waals surface area contributed by atoms with Gasteiger partial charge in [-0.05, 0) is 0 Å². The third-order valence-electron chi connectivity index (χ3n) is 3.84. The molecule has 0 spiro atoms. The molecular formula is C10H16N5O13P3. The zero-order valence-electron chi connectivity index (χ0n) is 14.9. The van der Waals surface area contributed by atoms with Gasteiger partial charge >= 0.3 is 23.5 Å². The summed E-state index contributed by atoms with van der Waals surface area (Å²) < 4.78 is 52.9. The molecule has 0 aliphatic carbocycles. The molecule has 31 heavy (non-hydrogen) atoms. The van der Waals surface area contributed by atoms with Crippen LogP contribution >= 0.6 is 23.5 Å². The molecule has 174 valence electrons. The number of aliphatic hydroxyl groups excluding tert-OH is 1. The third kappa shape index (κ3) is 5.91. The van der Waals surface area contributed by atoms with Crippen molar-refractivity contribution < 1.29 is 61.4 Å². The van der Waals surface area contributed by atoms with Gasteiger partial charge in [0.15, 0.2) is 17.7 Å². The van der Waals surface area contributed by atoms with Crippen molar-refractivity contribution in [1.29, 1.82) is 0 Å². The van der Waals surface area contributed by atoms with Gasteiger partial charge < -0.3 is 40.0 Å². The monoisotopic (exact) mass is 507 g/mol. The first-order valence-corrected chi connectivity index (χ1v) is 12.5. The van der Waals surface area contributed by atoms with E-state index in [4.69, 9.17) is 20.3 Å². The molecule has 2 aromatic rings. The van der Waals surface area contributed by atoms with Crippen LogP contribution in [0.3, 0.4) is 0 Å². The van der Waals surface area contributed by atoms with Crippen molar-refractivity contribution >= 4 is 40.4 Å². The fourth-order valence-corrected chi connectivity index (χ4v) is 4.88. The Hall–Kier alpha value is -1.36. The number of nitrogens with zero attached hydrogens (tertiary/aromatic N) is 4. The number of rotatable bonds is 8. The first-order valence-electron chi connectivity index (χ1n) is 7.91. The number of aromatic nitrogens is 4. The van der Waals surface area contributed by atoms with E-state index in [2.05, 4.69) is 28.3 Å². The standard InChI is InChI=1S/C10H16N5O13P3/c11-8-5-9(13-2-12-8)15(3-14-5)10-7(27-29(17,18)19)6(16)4(26-10)1-25-31(23,24)28-30(20,21)22/h2-4,6-7,10,16H,1H2,(H,23,24)(H2,11,12,13)(H2,17,18,19)(H2,20,21,22). The lowest BCUT2D eigenvalue weighted by Crippen LogP contribution is -2.35. The normalized spacial score (nSPS) is 26.9. The molecule has 0 aromatic carbocycles. The van der Waals surface area contributed by atoms with Crippen molar-refractivity contribution in [1.82, 2.24) is 19.5 Å². The molecule has 1 fully saturated rings. The molecule has 18 nitrogen and oxygen atoms in total. The van der Waals surface area contributed by atoms with Gasteiger partial charge in [0.25, 0.3) is 0 Å². The molecule has 5 atom stereocenters. The molecule has 1 saturated heterocycles. The molecule has 21 heteroatoms. The van der Waals surface area contributed by atoms with E-state index >= 15 is 0 Å². The largest absolute Gasteiger partial charge is 0.481 e. The molecule has 2 aromatic heterocycles. The average Bonchev–Trinajstić information content (AvgIpc) is 3.13. The minimum absolute atomic E-state index is 0.0227. The Labute approximate surface area is 171 Å². The maximum absolute atomic E-state index is 11.6. The van der Waals surface area contributed by atoms with Crippen LogP contribution in [0.15, 0.2) is 12.7 Å². The minimum Gasteiger partial charge on any atom is -0.387 e. The molecule has 8 N–H and O–H groups in total. The van der Waals surface area contributed by atoms with Gasteiger partial charge in [0, 0.05) is 0 Å². The number of fused-ring (bicyclic) bond motifs is 1. The van der Waals surface area contributed by atoms with Gasteiger partial charge in [-0.25, -0.2) is 28.6 Å². The predicted molar refractivity (Wildman–Crippen MR) is 95.5 cm³/mol.